The van der Waals surface area contributed by atoms with Crippen molar-refractivity contribution in [3.63, 3.8) is 0 Å². The molecule has 3 rings (SSSR count). The van der Waals surface area contributed by atoms with Crippen LogP contribution in [0.25, 0.3) is 0 Å². The quantitative estimate of drug-likeness (QED) is 0.936. The van der Waals surface area contributed by atoms with Crippen LogP contribution in [0.2, 0.25) is 0 Å². The standard InChI is InChI=1S/C17H21N5O/c1-11-9-12(2)20-17(19-11)22-8-4-5-13(10-22)14-6-3-7-15(21-14)16(18)23/h3,6-7,9,13H,4-5,8,10H2,1-2H3,(H2,18,23). The first-order valence-electron chi connectivity index (χ1n) is 7.87. The number of hydrogen-bond acceptors (Lipinski definition) is 5. The fourth-order valence-corrected chi connectivity index (χ4v) is 3.07. The summed E-state index contributed by atoms with van der Waals surface area (Å²) >= 11 is 0. The predicted molar refractivity (Wildman–Crippen MR) is 88.4 cm³/mol. The lowest BCUT2D eigenvalue weighted by Crippen LogP contribution is -2.36. The molecule has 0 aliphatic carbocycles. The van der Waals surface area contributed by atoms with Gasteiger partial charge in [-0.15, -0.1) is 0 Å². The van der Waals surface area contributed by atoms with Crippen molar-refractivity contribution in [2.24, 2.45) is 5.73 Å². The Labute approximate surface area is 135 Å². The van der Waals surface area contributed by atoms with Crippen LogP contribution < -0.4 is 10.6 Å². The Balaban J connectivity index is 1.83. The summed E-state index contributed by atoms with van der Waals surface area (Å²) in [6, 6.07) is 7.43. The van der Waals surface area contributed by atoms with Crippen molar-refractivity contribution in [1.29, 1.82) is 0 Å². The molecule has 1 saturated heterocycles. The van der Waals surface area contributed by atoms with Gasteiger partial charge in [-0.3, -0.25) is 4.79 Å². The maximum atomic E-state index is 11.3. The molecule has 1 unspecified atom stereocenters. The molecule has 0 aromatic carbocycles. The number of anilines is 1. The molecule has 1 amide bonds. The largest absolute Gasteiger partial charge is 0.364 e. The monoisotopic (exact) mass is 311 g/mol. The number of amides is 1. The van der Waals surface area contributed by atoms with E-state index in [4.69, 9.17) is 5.73 Å². The van der Waals surface area contributed by atoms with E-state index in [1.807, 2.05) is 32.0 Å². The number of hydrogen-bond donors (Lipinski definition) is 1. The van der Waals surface area contributed by atoms with E-state index >= 15 is 0 Å². The number of carbonyl (C=O) groups is 1. The average Bonchev–Trinajstić information content (AvgIpc) is 2.54. The zero-order valence-corrected chi connectivity index (χ0v) is 13.5. The maximum absolute atomic E-state index is 11.3. The third kappa shape index (κ3) is 3.47. The summed E-state index contributed by atoms with van der Waals surface area (Å²) in [6.45, 7) is 5.71. The highest BCUT2D eigenvalue weighted by atomic mass is 16.1. The van der Waals surface area contributed by atoms with Gasteiger partial charge in [-0.25, -0.2) is 15.0 Å². The smallest absolute Gasteiger partial charge is 0.267 e. The first kappa shape index (κ1) is 15.4. The van der Waals surface area contributed by atoms with Gasteiger partial charge in [0.1, 0.15) is 5.69 Å². The zero-order chi connectivity index (χ0) is 16.4. The summed E-state index contributed by atoms with van der Waals surface area (Å²) in [5, 5.41) is 0. The molecular formula is C17H21N5O. The van der Waals surface area contributed by atoms with Gasteiger partial charge < -0.3 is 10.6 Å². The van der Waals surface area contributed by atoms with Crippen LogP contribution in [0.15, 0.2) is 24.3 Å². The number of aryl methyl sites for hydroxylation is 2. The van der Waals surface area contributed by atoms with E-state index in [-0.39, 0.29) is 5.92 Å². The Morgan fingerprint density at radius 3 is 2.65 bits per heavy atom. The molecule has 6 heteroatoms. The lowest BCUT2D eigenvalue weighted by Gasteiger charge is -2.32. The fourth-order valence-electron chi connectivity index (χ4n) is 3.07. The van der Waals surface area contributed by atoms with E-state index in [1.165, 1.54) is 0 Å². The van der Waals surface area contributed by atoms with Gasteiger partial charge in [-0.1, -0.05) is 6.07 Å². The number of nitrogens with two attached hydrogens (primary N) is 1. The van der Waals surface area contributed by atoms with Gasteiger partial charge in [0.25, 0.3) is 5.91 Å². The molecule has 6 nitrogen and oxygen atoms in total. The molecule has 1 aliphatic heterocycles. The number of piperidine rings is 1. The second-order valence-electron chi connectivity index (χ2n) is 6.05. The molecule has 0 saturated carbocycles. The van der Waals surface area contributed by atoms with Gasteiger partial charge >= 0.3 is 0 Å². The van der Waals surface area contributed by atoms with E-state index in [9.17, 15) is 4.79 Å². The van der Waals surface area contributed by atoms with Crippen LogP contribution in [-0.4, -0.2) is 33.9 Å². The van der Waals surface area contributed by atoms with Crippen LogP contribution in [0.3, 0.4) is 0 Å². The first-order valence-corrected chi connectivity index (χ1v) is 7.87. The minimum absolute atomic E-state index is 0.257. The lowest BCUT2D eigenvalue weighted by molar-refractivity contribution is 0.0995. The number of pyridine rings is 1. The second-order valence-corrected chi connectivity index (χ2v) is 6.05. The minimum atomic E-state index is -0.489. The minimum Gasteiger partial charge on any atom is -0.364 e. The Hall–Kier alpha value is -2.50. The van der Waals surface area contributed by atoms with E-state index in [1.54, 1.807) is 6.07 Å². The van der Waals surface area contributed by atoms with Crippen molar-refractivity contribution in [1.82, 2.24) is 15.0 Å². The van der Waals surface area contributed by atoms with Crippen LogP contribution >= 0.6 is 0 Å². The molecular weight excluding hydrogens is 290 g/mol. The number of primary amides is 1. The molecule has 2 N–H and O–H groups in total. The van der Waals surface area contributed by atoms with Crippen LogP contribution in [-0.2, 0) is 0 Å². The summed E-state index contributed by atoms with van der Waals surface area (Å²) < 4.78 is 0. The van der Waals surface area contributed by atoms with Gasteiger partial charge in [0, 0.05) is 36.1 Å². The molecule has 0 spiro atoms. The fraction of sp³-hybridized carbons (Fsp3) is 0.412. The Morgan fingerprint density at radius 2 is 1.96 bits per heavy atom. The second kappa shape index (κ2) is 6.32. The summed E-state index contributed by atoms with van der Waals surface area (Å²) in [4.78, 5) is 27.0. The molecule has 3 heterocycles. The normalized spacial score (nSPS) is 18.0. The molecule has 23 heavy (non-hydrogen) atoms. The highest BCUT2D eigenvalue weighted by Gasteiger charge is 2.24. The zero-order valence-electron chi connectivity index (χ0n) is 13.5. The van der Waals surface area contributed by atoms with Crippen molar-refractivity contribution < 1.29 is 4.79 Å². The molecule has 1 aliphatic rings. The maximum Gasteiger partial charge on any atom is 0.267 e. The predicted octanol–water partition coefficient (Wildman–Crippen LogP) is 1.97. The van der Waals surface area contributed by atoms with E-state index in [2.05, 4.69) is 19.9 Å². The third-order valence-corrected chi connectivity index (χ3v) is 4.12. The van der Waals surface area contributed by atoms with Crippen LogP contribution in [0.4, 0.5) is 5.95 Å². The van der Waals surface area contributed by atoms with Crippen LogP contribution in [0, 0.1) is 13.8 Å². The lowest BCUT2D eigenvalue weighted by atomic mass is 9.94. The van der Waals surface area contributed by atoms with E-state index < -0.39 is 5.91 Å². The topological polar surface area (TPSA) is 85.0 Å². The summed E-state index contributed by atoms with van der Waals surface area (Å²) in [7, 11) is 0. The Kier molecular flexibility index (Phi) is 4.23. The molecule has 0 bridgehead atoms. The van der Waals surface area contributed by atoms with Gasteiger partial charge in [0.2, 0.25) is 5.95 Å². The van der Waals surface area contributed by atoms with Gasteiger partial charge in [-0.2, -0.15) is 0 Å². The highest BCUT2D eigenvalue weighted by Crippen LogP contribution is 2.27. The Bertz CT molecular complexity index is 710. The van der Waals surface area contributed by atoms with Crippen molar-refractivity contribution in [2.45, 2.75) is 32.6 Å². The number of aromatic nitrogens is 3. The molecule has 120 valence electrons. The number of rotatable bonds is 3. The SMILES string of the molecule is Cc1cc(C)nc(N2CCCC(c3cccc(C(N)=O)n3)C2)n1. The Morgan fingerprint density at radius 1 is 1.22 bits per heavy atom. The first-order chi connectivity index (χ1) is 11.0. The summed E-state index contributed by atoms with van der Waals surface area (Å²) in [5.41, 5.74) is 8.52. The molecule has 0 radical (unpaired) electrons. The van der Waals surface area contributed by atoms with Crippen molar-refractivity contribution in [2.75, 3.05) is 18.0 Å². The number of carbonyl (C=O) groups excluding carboxylic acids is 1. The summed E-state index contributed by atoms with van der Waals surface area (Å²) in [5.74, 6) is 0.544. The van der Waals surface area contributed by atoms with E-state index in [0.29, 0.717) is 5.69 Å². The summed E-state index contributed by atoms with van der Waals surface area (Å²) in [6.07, 6.45) is 2.08. The van der Waals surface area contributed by atoms with Crippen molar-refractivity contribution >= 4 is 11.9 Å². The molecule has 2 aromatic rings. The van der Waals surface area contributed by atoms with Crippen molar-refractivity contribution in [3.8, 4) is 0 Å². The molecule has 2 aromatic heterocycles. The van der Waals surface area contributed by atoms with Crippen LogP contribution in [0.5, 0.6) is 0 Å². The van der Waals surface area contributed by atoms with Crippen molar-refractivity contribution in [3.05, 3.63) is 47.0 Å². The van der Waals surface area contributed by atoms with Gasteiger partial charge in [0.15, 0.2) is 0 Å². The highest BCUT2D eigenvalue weighted by molar-refractivity contribution is 5.90. The van der Waals surface area contributed by atoms with Gasteiger partial charge in [0.05, 0.1) is 0 Å². The average molecular weight is 311 g/mol. The van der Waals surface area contributed by atoms with Crippen LogP contribution in [0.1, 0.15) is 46.3 Å². The van der Waals surface area contributed by atoms with Gasteiger partial charge in [-0.05, 0) is 44.9 Å². The number of nitrogens with zero attached hydrogens (tertiary/aromatic N) is 4. The van der Waals surface area contributed by atoms with E-state index in [0.717, 1.165) is 49.0 Å². The third-order valence-electron chi connectivity index (χ3n) is 4.12. The molecule has 1 atom stereocenters. The molecule has 1 fully saturated rings.